The van der Waals surface area contributed by atoms with Crippen molar-refractivity contribution in [2.24, 2.45) is 5.73 Å². The molecule has 24 heavy (non-hydrogen) atoms. The van der Waals surface area contributed by atoms with Crippen molar-refractivity contribution in [3.8, 4) is 5.75 Å². The van der Waals surface area contributed by atoms with Crippen molar-refractivity contribution in [3.63, 3.8) is 0 Å². The van der Waals surface area contributed by atoms with Crippen LogP contribution in [-0.2, 0) is 13.1 Å². The number of hydrogen-bond donors (Lipinski definition) is 1. The van der Waals surface area contributed by atoms with Crippen molar-refractivity contribution in [1.82, 2.24) is 4.90 Å². The van der Waals surface area contributed by atoms with Gasteiger partial charge in [0.05, 0.1) is 12.0 Å². The molecule has 0 saturated heterocycles. The number of nitro benzene ring substituents is 1. The van der Waals surface area contributed by atoms with Crippen LogP contribution in [0.4, 0.5) is 5.69 Å². The standard InChI is InChI=1S/C17H20ClN3O3/c1-24-17-7-4-14(10-16(17)21(22)23)12-20(9-8-19)11-13-2-5-15(18)6-3-13/h2-7,10H,8-9,11-12,19H2,1H3. The lowest BCUT2D eigenvalue weighted by Gasteiger charge is -2.22. The number of hydrogen-bond acceptors (Lipinski definition) is 5. The maximum Gasteiger partial charge on any atom is 0.311 e. The molecule has 0 amide bonds. The molecule has 2 aromatic carbocycles. The SMILES string of the molecule is COc1ccc(CN(CCN)Cc2ccc(Cl)cc2)cc1[N+](=O)[O-]. The van der Waals surface area contributed by atoms with E-state index in [1.807, 2.05) is 30.3 Å². The van der Waals surface area contributed by atoms with Crippen LogP contribution < -0.4 is 10.5 Å². The molecule has 0 spiro atoms. The van der Waals surface area contributed by atoms with Gasteiger partial charge >= 0.3 is 5.69 Å². The second-order valence-electron chi connectivity index (χ2n) is 5.39. The first-order valence-corrected chi connectivity index (χ1v) is 7.89. The average molecular weight is 350 g/mol. The topological polar surface area (TPSA) is 81.6 Å². The number of ether oxygens (including phenoxy) is 1. The molecule has 0 heterocycles. The lowest BCUT2D eigenvalue weighted by molar-refractivity contribution is -0.385. The van der Waals surface area contributed by atoms with Gasteiger partial charge in [-0.2, -0.15) is 0 Å². The zero-order valence-corrected chi connectivity index (χ0v) is 14.2. The molecular weight excluding hydrogens is 330 g/mol. The van der Waals surface area contributed by atoms with Crippen LogP contribution in [0.25, 0.3) is 0 Å². The normalized spacial score (nSPS) is 10.8. The Bertz CT molecular complexity index is 692. The van der Waals surface area contributed by atoms with Crippen LogP contribution in [0.3, 0.4) is 0 Å². The fourth-order valence-electron chi connectivity index (χ4n) is 2.48. The van der Waals surface area contributed by atoms with E-state index < -0.39 is 4.92 Å². The molecule has 2 aromatic rings. The van der Waals surface area contributed by atoms with E-state index in [1.54, 1.807) is 12.1 Å². The predicted molar refractivity (Wildman–Crippen MR) is 94.3 cm³/mol. The van der Waals surface area contributed by atoms with Crippen LogP contribution in [0.2, 0.25) is 5.02 Å². The fourth-order valence-corrected chi connectivity index (χ4v) is 2.61. The first-order valence-electron chi connectivity index (χ1n) is 7.51. The average Bonchev–Trinajstić information content (AvgIpc) is 2.57. The minimum Gasteiger partial charge on any atom is -0.490 e. The first kappa shape index (κ1) is 18.2. The van der Waals surface area contributed by atoms with Crippen molar-refractivity contribution in [1.29, 1.82) is 0 Å². The molecule has 128 valence electrons. The minimum absolute atomic E-state index is 0.0332. The van der Waals surface area contributed by atoms with Gasteiger partial charge in [-0.05, 0) is 29.3 Å². The summed E-state index contributed by atoms with van der Waals surface area (Å²) >= 11 is 5.91. The van der Waals surface area contributed by atoms with Crippen LogP contribution in [0.1, 0.15) is 11.1 Å². The summed E-state index contributed by atoms with van der Waals surface area (Å²) in [5, 5.41) is 11.8. The number of rotatable bonds is 8. The van der Waals surface area contributed by atoms with Gasteiger partial charge in [0.1, 0.15) is 0 Å². The van der Waals surface area contributed by atoms with E-state index in [1.165, 1.54) is 7.11 Å². The monoisotopic (exact) mass is 349 g/mol. The van der Waals surface area contributed by atoms with E-state index in [9.17, 15) is 10.1 Å². The molecule has 6 nitrogen and oxygen atoms in total. The number of nitro groups is 1. The van der Waals surface area contributed by atoms with Crippen molar-refractivity contribution >= 4 is 17.3 Å². The highest BCUT2D eigenvalue weighted by molar-refractivity contribution is 6.30. The van der Waals surface area contributed by atoms with Crippen LogP contribution in [0.5, 0.6) is 5.75 Å². The summed E-state index contributed by atoms with van der Waals surface area (Å²) in [6.45, 7) is 2.44. The molecule has 0 atom stereocenters. The lowest BCUT2D eigenvalue weighted by Crippen LogP contribution is -2.28. The third-order valence-corrected chi connectivity index (χ3v) is 3.86. The van der Waals surface area contributed by atoms with E-state index in [-0.39, 0.29) is 11.4 Å². The highest BCUT2D eigenvalue weighted by atomic mass is 35.5. The number of halogens is 1. The molecule has 0 unspecified atom stereocenters. The Kier molecular flexibility index (Phi) is 6.54. The molecule has 0 aliphatic carbocycles. The summed E-state index contributed by atoms with van der Waals surface area (Å²) < 4.78 is 5.03. The summed E-state index contributed by atoms with van der Waals surface area (Å²) in [6.07, 6.45) is 0. The molecule has 0 saturated carbocycles. The third-order valence-electron chi connectivity index (χ3n) is 3.61. The zero-order chi connectivity index (χ0) is 17.5. The zero-order valence-electron chi connectivity index (χ0n) is 13.4. The van der Waals surface area contributed by atoms with Gasteiger partial charge in [-0.3, -0.25) is 15.0 Å². The van der Waals surface area contributed by atoms with Crippen LogP contribution >= 0.6 is 11.6 Å². The quantitative estimate of drug-likeness (QED) is 0.584. The Morgan fingerprint density at radius 1 is 1.17 bits per heavy atom. The summed E-state index contributed by atoms with van der Waals surface area (Å²) in [7, 11) is 1.42. The minimum atomic E-state index is -0.436. The highest BCUT2D eigenvalue weighted by Crippen LogP contribution is 2.28. The van der Waals surface area contributed by atoms with E-state index >= 15 is 0 Å². The van der Waals surface area contributed by atoms with Crippen molar-refractivity contribution in [3.05, 3.63) is 68.7 Å². The predicted octanol–water partition coefficient (Wildman–Crippen LogP) is 3.22. The van der Waals surface area contributed by atoms with Gasteiger partial charge < -0.3 is 10.5 Å². The molecule has 0 bridgehead atoms. The van der Waals surface area contributed by atoms with E-state index in [4.69, 9.17) is 22.1 Å². The number of nitrogens with zero attached hydrogens (tertiary/aromatic N) is 2. The second-order valence-corrected chi connectivity index (χ2v) is 5.83. The fraction of sp³-hybridized carbons (Fsp3) is 0.294. The first-order chi connectivity index (χ1) is 11.5. The molecule has 0 fully saturated rings. The van der Waals surface area contributed by atoms with Crippen LogP contribution in [0, 0.1) is 10.1 Å². The number of nitrogens with two attached hydrogens (primary N) is 1. The summed E-state index contributed by atoms with van der Waals surface area (Å²) in [5.74, 6) is 0.256. The number of methoxy groups -OCH3 is 1. The maximum atomic E-state index is 11.1. The third kappa shape index (κ3) is 4.92. The largest absolute Gasteiger partial charge is 0.490 e. The summed E-state index contributed by atoms with van der Waals surface area (Å²) in [4.78, 5) is 12.8. The molecular formula is C17H20ClN3O3. The Hall–Kier alpha value is -2.15. The van der Waals surface area contributed by atoms with Crippen molar-refractivity contribution in [2.75, 3.05) is 20.2 Å². The Morgan fingerprint density at radius 2 is 1.79 bits per heavy atom. The van der Waals surface area contributed by atoms with Gasteiger partial charge in [0.2, 0.25) is 0 Å². The molecule has 2 rings (SSSR count). The molecule has 0 aromatic heterocycles. The van der Waals surface area contributed by atoms with E-state index in [2.05, 4.69) is 4.90 Å². The van der Waals surface area contributed by atoms with Gasteiger partial charge in [0.25, 0.3) is 0 Å². The molecule has 2 N–H and O–H groups in total. The van der Waals surface area contributed by atoms with Gasteiger partial charge in [-0.25, -0.2) is 0 Å². The van der Waals surface area contributed by atoms with Gasteiger partial charge in [-0.15, -0.1) is 0 Å². The Labute approximate surface area is 145 Å². The number of benzene rings is 2. The van der Waals surface area contributed by atoms with Crippen molar-refractivity contribution in [2.45, 2.75) is 13.1 Å². The van der Waals surface area contributed by atoms with E-state index in [0.717, 1.165) is 11.1 Å². The summed E-state index contributed by atoms with van der Waals surface area (Å²) in [6, 6.07) is 12.6. The van der Waals surface area contributed by atoms with Crippen molar-refractivity contribution < 1.29 is 9.66 Å². The molecule has 0 radical (unpaired) electrons. The van der Waals surface area contributed by atoms with E-state index in [0.29, 0.717) is 31.2 Å². The lowest BCUT2D eigenvalue weighted by atomic mass is 10.1. The van der Waals surface area contributed by atoms with Crippen LogP contribution in [0.15, 0.2) is 42.5 Å². The Balaban J connectivity index is 2.16. The molecule has 7 heteroatoms. The smallest absolute Gasteiger partial charge is 0.311 e. The van der Waals surface area contributed by atoms with Crippen LogP contribution in [-0.4, -0.2) is 30.0 Å². The summed E-state index contributed by atoms with van der Waals surface area (Å²) in [5.41, 5.74) is 7.61. The maximum absolute atomic E-state index is 11.1. The van der Waals surface area contributed by atoms with Gasteiger partial charge in [-0.1, -0.05) is 29.8 Å². The molecule has 0 aliphatic rings. The molecule has 0 aliphatic heterocycles. The Morgan fingerprint density at radius 3 is 2.38 bits per heavy atom. The van der Waals surface area contributed by atoms with Gasteiger partial charge in [0, 0.05) is 37.3 Å². The highest BCUT2D eigenvalue weighted by Gasteiger charge is 2.16. The second kappa shape index (κ2) is 8.63. The van der Waals surface area contributed by atoms with Gasteiger partial charge in [0.15, 0.2) is 5.75 Å².